The molecule has 0 saturated heterocycles. The van der Waals surface area contributed by atoms with Crippen LogP contribution in [0, 0.1) is 0 Å². The minimum atomic E-state index is -9.46. The first-order chi connectivity index (χ1) is 18.4. The Hall–Kier alpha value is -2.99. The molecule has 0 saturated carbocycles. The third-order valence-corrected chi connectivity index (χ3v) is 5.15. The second-order valence-electron chi connectivity index (χ2n) is 8.08. The van der Waals surface area contributed by atoms with Crippen molar-refractivity contribution in [1.82, 2.24) is 0 Å². The standard InChI is InChI=1S/C17H7F23N2O/c18-7(19,8(20,21)10(24,25)12(28,29)14(32,33)16(36,37)38)9(22,23)11(26,27)13(30,31)15(34,35)17(39,40)43-6-2-1-4(41)3-5(6)42/h1-3H,41-42H2. The first kappa shape index (κ1) is 38.0. The van der Waals surface area contributed by atoms with Crippen LogP contribution in [0.5, 0.6) is 5.75 Å². The number of nitrogens with two attached hydrogens (primary N) is 2. The molecule has 0 aliphatic carbocycles. The molecule has 1 aromatic carbocycles. The van der Waals surface area contributed by atoms with Gasteiger partial charge >= 0.3 is 65.6 Å². The Morgan fingerprint density at radius 1 is 0.395 bits per heavy atom. The molecule has 0 bridgehead atoms. The molecule has 252 valence electrons. The van der Waals surface area contributed by atoms with Crippen LogP contribution in [0.3, 0.4) is 0 Å². The number of ether oxygens (including phenoxy) is 1. The summed E-state index contributed by atoms with van der Waals surface area (Å²) in [6, 6.07) is 0.695. The van der Waals surface area contributed by atoms with Crippen LogP contribution in [0.25, 0.3) is 0 Å². The number of alkyl halides is 23. The molecule has 0 fully saturated rings. The fourth-order valence-electron chi connectivity index (χ4n) is 2.60. The van der Waals surface area contributed by atoms with Gasteiger partial charge in [0.25, 0.3) is 0 Å². The van der Waals surface area contributed by atoms with Crippen molar-refractivity contribution in [2.75, 3.05) is 11.5 Å². The normalized spacial score (nSPS) is 16.0. The SMILES string of the molecule is Nc1ccc(OC(F)(F)C(F)(F)C(F)(F)C(F)(F)C(F)(F)C(F)(F)C(F)(F)C(F)(F)C(F)(F)C(F)(F)C(F)(F)F)c(N)c1. The van der Waals surface area contributed by atoms with E-state index < -0.39 is 82.7 Å². The van der Waals surface area contributed by atoms with Crippen LogP contribution < -0.4 is 16.2 Å². The monoisotopic (exact) mass is 692 g/mol. The molecule has 1 rings (SSSR count). The van der Waals surface area contributed by atoms with Crippen molar-refractivity contribution >= 4 is 11.4 Å². The summed E-state index contributed by atoms with van der Waals surface area (Å²) in [5, 5.41) is 0. The van der Waals surface area contributed by atoms with Gasteiger partial charge in [0, 0.05) is 5.69 Å². The van der Waals surface area contributed by atoms with Gasteiger partial charge in [0.05, 0.1) is 5.69 Å². The molecule has 0 aliphatic heterocycles. The molecule has 0 amide bonds. The van der Waals surface area contributed by atoms with Crippen molar-refractivity contribution in [2.24, 2.45) is 0 Å². The molecule has 1 aromatic rings. The van der Waals surface area contributed by atoms with Crippen LogP contribution in [-0.2, 0) is 0 Å². The number of hydrogen-bond donors (Lipinski definition) is 2. The Kier molecular flexibility index (Phi) is 8.63. The minimum absolute atomic E-state index is 0.00671. The molecular weight excluding hydrogens is 685 g/mol. The number of halogens is 23. The first-order valence-electron chi connectivity index (χ1n) is 9.57. The van der Waals surface area contributed by atoms with E-state index in [1.807, 2.05) is 0 Å². The maximum absolute atomic E-state index is 13.9. The molecule has 3 nitrogen and oxygen atoms in total. The van der Waals surface area contributed by atoms with Crippen LogP contribution in [0.4, 0.5) is 112 Å². The summed E-state index contributed by atoms with van der Waals surface area (Å²) in [5.41, 5.74) is 8.06. The molecular formula is C17H7F23N2O. The Morgan fingerprint density at radius 2 is 0.674 bits per heavy atom. The van der Waals surface area contributed by atoms with E-state index in [0.29, 0.717) is 12.1 Å². The van der Waals surface area contributed by atoms with E-state index in [1.165, 1.54) is 0 Å². The number of benzene rings is 1. The molecule has 43 heavy (non-hydrogen) atoms. The number of hydrogen-bond acceptors (Lipinski definition) is 3. The van der Waals surface area contributed by atoms with Crippen LogP contribution in [0.1, 0.15) is 0 Å². The van der Waals surface area contributed by atoms with Gasteiger partial charge in [0.1, 0.15) is 5.75 Å². The highest BCUT2D eigenvalue weighted by molar-refractivity contribution is 5.60. The third kappa shape index (κ3) is 4.85. The molecule has 0 heterocycles. The predicted molar refractivity (Wildman–Crippen MR) is 91.4 cm³/mol. The van der Waals surface area contributed by atoms with Crippen molar-refractivity contribution in [3.8, 4) is 5.75 Å². The topological polar surface area (TPSA) is 61.3 Å². The van der Waals surface area contributed by atoms with Gasteiger partial charge < -0.3 is 16.2 Å². The van der Waals surface area contributed by atoms with Gasteiger partial charge in [-0.1, -0.05) is 0 Å². The molecule has 0 radical (unpaired) electrons. The largest absolute Gasteiger partial charge is 0.471 e. The Labute approximate surface area is 219 Å². The van der Waals surface area contributed by atoms with Gasteiger partial charge in [-0.25, -0.2) is 0 Å². The second kappa shape index (κ2) is 9.76. The van der Waals surface area contributed by atoms with E-state index in [0.717, 1.165) is 0 Å². The smallest absolute Gasteiger partial charge is 0.426 e. The van der Waals surface area contributed by atoms with Crippen molar-refractivity contribution < 1.29 is 106 Å². The molecule has 0 spiro atoms. The number of anilines is 2. The lowest BCUT2D eigenvalue weighted by atomic mass is 9.86. The fraction of sp³-hybridized carbons (Fsp3) is 0.647. The van der Waals surface area contributed by atoms with E-state index in [-0.39, 0.29) is 6.07 Å². The average molecular weight is 692 g/mol. The summed E-state index contributed by atoms with van der Waals surface area (Å²) in [7, 11) is 0. The molecule has 0 atom stereocenters. The zero-order valence-corrected chi connectivity index (χ0v) is 19.0. The molecule has 0 unspecified atom stereocenters. The summed E-state index contributed by atoms with van der Waals surface area (Å²) < 4.78 is 311. The summed E-state index contributed by atoms with van der Waals surface area (Å²) in [6.45, 7) is 0. The summed E-state index contributed by atoms with van der Waals surface area (Å²) in [6.07, 6.45) is -15.5. The van der Waals surface area contributed by atoms with E-state index in [2.05, 4.69) is 4.74 Å². The lowest BCUT2D eigenvalue weighted by molar-refractivity contribution is -0.483. The van der Waals surface area contributed by atoms with Gasteiger partial charge in [-0.15, -0.1) is 0 Å². The summed E-state index contributed by atoms with van der Waals surface area (Å²) in [5.74, 6) is -83.6. The van der Waals surface area contributed by atoms with Crippen LogP contribution in [-0.4, -0.2) is 65.6 Å². The highest BCUT2D eigenvalue weighted by Gasteiger charge is 2.99. The van der Waals surface area contributed by atoms with Crippen molar-refractivity contribution in [2.45, 2.75) is 65.6 Å². The van der Waals surface area contributed by atoms with Gasteiger partial charge in [0.2, 0.25) is 0 Å². The lowest BCUT2D eigenvalue weighted by Gasteiger charge is -2.45. The minimum Gasteiger partial charge on any atom is -0.426 e. The van der Waals surface area contributed by atoms with Gasteiger partial charge in [-0.05, 0) is 18.2 Å². The maximum atomic E-state index is 13.9. The Morgan fingerprint density at radius 3 is 0.953 bits per heavy atom. The van der Waals surface area contributed by atoms with Crippen molar-refractivity contribution in [1.29, 1.82) is 0 Å². The fourth-order valence-corrected chi connectivity index (χ4v) is 2.60. The van der Waals surface area contributed by atoms with E-state index in [1.54, 1.807) is 0 Å². The second-order valence-corrected chi connectivity index (χ2v) is 8.08. The Balaban J connectivity index is 3.80. The zero-order valence-electron chi connectivity index (χ0n) is 19.0. The van der Waals surface area contributed by atoms with E-state index in [9.17, 15) is 101 Å². The molecule has 0 aromatic heterocycles. The number of rotatable bonds is 11. The molecule has 0 aliphatic rings. The lowest BCUT2D eigenvalue weighted by Crippen LogP contribution is -2.77. The quantitative estimate of drug-likeness (QED) is 0.182. The third-order valence-electron chi connectivity index (χ3n) is 5.15. The summed E-state index contributed by atoms with van der Waals surface area (Å²) in [4.78, 5) is 0. The molecule has 4 N–H and O–H groups in total. The Bertz CT molecular complexity index is 1190. The molecule has 26 heteroatoms. The average Bonchev–Trinajstić information content (AvgIpc) is 2.78. The van der Waals surface area contributed by atoms with Gasteiger partial charge in [-0.2, -0.15) is 101 Å². The maximum Gasteiger partial charge on any atom is 0.471 e. The zero-order chi connectivity index (χ0) is 35.1. The highest BCUT2D eigenvalue weighted by atomic mass is 19.4. The van der Waals surface area contributed by atoms with Gasteiger partial charge in [0.15, 0.2) is 0 Å². The van der Waals surface area contributed by atoms with Crippen molar-refractivity contribution in [3.05, 3.63) is 18.2 Å². The van der Waals surface area contributed by atoms with Gasteiger partial charge in [-0.3, -0.25) is 0 Å². The first-order valence-corrected chi connectivity index (χ1v) is 9.57. The summed E-state index contributed by atoms with van der Waals surface area (Å²) >= 11 is 0. The van der Waals surface area contributed by atoms with E-state index in [4.69, 9.17) is 11.5 Å². The highest BCUT2D eigenvalue weighted by Crippen LogP contribution is 2.67. The number of nitrogen functional groups attached to an aromatic ring is 2. The van der Waals surface area contributed by atoms with Crippen LogP contribution in [0.2, 0.25) is 0 Å². The van der Waals surface area contributed by atoms with Crippen LogP contribution >= 0.6 is 0 Å². The van der Waals surface area contributed by atoms with Crippen LogP contribution in [0.15, 0.2) is 18.2 Å². The van der Waals surface area contributed by atoms with E-state index >= 15 is 0 Å². The van der Waals surface area contributed by atoms with Crippen molar-refractivity contribution in [3.63, 3.8) is 0 Å². The predicted octanol–water partition coefficient (Wildman–Crippen LogP) is 8.10.